The lowest BCUT2D eigenvalue weighted by Gasteiger charge is -2.34. The molecule has 3 heterocycles. The van der Waals surface area contributed by atoms with E-state index in [4.69, 9.17) is 26.3 Å². The van der Waals surface area contributed by atoms with Crippen LogP contribution in [0.4, 0.5) is 16.0 Å². The predicted molar refractivity (Wildman–Crippen MR) is 162 cm³/mol. The van der Waals surface area contributed by atoms with Crippen molar-refractivity contribution in [2.45, 2.75) is 31.5 Å². The molecule has 0 amide bonds. The van der Waals surface area contributed by atoms with Crippen LogP contribution in [-0.4, -0.2) is 54.4 Å². The number of halogens is 2. The van der Waals surface area contributed by atoms with Crippen molar-refractivity contribution in [2.24, 2.45) is 4.99 Å². The molecule has 2 atom stereocenters. The van der Waals surface area contributed by atoms with Crippen LogP contribution in [-0.2, 0) is 6.54 Å². The number of nitrogens with zero attached hydrogens (tertiary/aromatic N) is 4. The molecule has 0 aliphatic carbocycles. The van der Waals surface area contributed by atoms with E-state index < -0.39 is 5.82 Å². The summed E-state index contributed by atoms with van der Waals surface area (Å²) in [6, 6.07) is 19.6. The molecule has 7 nitrogen and oxygen atoms in total. The second-order valence-electron chi connectivity index (χ2n) is 10.6. The number of ether oxygens (including phenoxy) is 1. The van der Waals surface area contributed by atoms with Gasteiger partial charge in [-0.2, -0.15) is 0 Å². The van der Waals surface area contributed by atoms with Gasteiger partial charge in [0.25, 0.3) is 0 Å². The Morgan fingerprint density at radius 3 is 2.68 bits per heavy atom. The van der Waals surface area contributed by atoms with E-state index in [0.29, 0.717) is 45.6 Å². The topological polar surface area (TPSA) is 74.7 Å². The summed E-state index contributed by atoms with van der Waals surface area (Å²) in [5.41, 5.74) is 5.96. The Hall–Kier alpha value is -3.85. The quantitative estimate of drug-likeness (QED) is 0.280. The van der Waals surface area contributed by atoms with E-state index in [0.717, 1.165) is 41.9 Å². The van der Waals surface area contributed by atoms with Crippen LogP contribution in [0.25, 0.3) is 11.3 Å². The normalized spacial score (nSPS) is 18.2. The Balaban J connectivity index is 1.30. The van der Waals surface area contributed by atoms with Crippen LogP contribution in [0.15, 0.2) is 71.9 Å². The minimum Gasteiger partial charge on any atom is -0.496 e. The van der Waals surface area contributed by atoms with Gasteiger partial charge in [0.1, 0.15) is 11.6 Å². The van der Waals surface area contributed by atoms with Gasteiger partial charge in [-0.25, -0.2) is 14.4 Å². The van der Waals surface area contributed by atoms with E-state index in [9.17, 15) is 0 Å². The molecule has 210 valence electrons. The SMILES string of the molecule is COc1cccc(F)c1C1=NCc2cnc(Nc3ccc(C4CC(N(C)C)CCN4)cc3)nc2-c2ccc(Cl)cc21. The molecular formula is C32H32ClFN6O. The van der Waals surface area contributed by atoms with E-state index in [-0.39, 0.29) is 6.54 Å². The molecule has 0 radical (unpaired) electrons. The highest BCUT2D eigenvalue weighted by Crippen LogP contribution is 2.36. The van der Waals surface area contributed by atoms with Gasteiger partial charge in [-0.1, -0.05) is 35.9 Å². The van der Waals surface area contributed by atoms with Gasteiger partial charge in [-0.05, 0) is 75.4 Å². The maximum atomic E-state index is 15.1. The third-order valence-electron chi connectivity index (χ3n) is 7.87. The maximum absolute atomic E-state index is 15.1. The van der Waals surface area contributed by atoms with Gasteiger partial charge in [-0.3, -0.25) is 4.99 Å². The average molecular weight is 571 g/mol. The predicted octanol–water partition coefficient (Wildman–Crippen LogP) is 6.39. The van der Waals surface area contributed by atoms with E-state index in [1.54, 1.807) is 30.5 Å². The van der Waals surface area contributed by atoms with Gasteiger partial charge < -0.3 is 20.3 Å². The molecule has 2 N–H and O–H groups in total. The van der Waals surface area contributed by atoms with Crippen molar-refractivity contribution in [3.63, 3.8) is 0 Å². The highest BCUT2D eigenvalue weighted by molar-refractivity contribution is 6.31. The zero-order valence-electron chi connectivity index (χ0n) is 23.3. The zero-order chi connectivity index (χ0) is 28.5. The zero-order valence-corrected chi connectivity index (χ0v) is 24.0. The number of nitrogens with one attached hydrogen (secondary N) is 2. The third kappa shape index (κ3) is 5.55. The van der Waals surface area contributed by atoms with Gasteiger partial charge in [0.2, 0.25) is 5.95 Å². The average Bonchev–Trinajstić information content (AvgIpc) is 3.13. The van der Waals surface area contributed by atoms with E-state index in [2.05, 4.69) is 58.9 Å². The number of piperidine rings is 1. The molecule has 2 aliphatic rings. The number of aromatic nitrogens is 2. The maximum Gasteiger partial charge on any atom is 0.227 e. The van der Waals surface area contributed by atoms with Crippen molar-refractivity contribution in [2.75, 3.05) is 33.1 Å². The number of methoxy groups -OCH3 is 1. The number of anilines is 2. The van der Waals surface area contributed by atoms with Gasteiger partial charge >= 0.3 is 0 Å². The Bertz CT molecular complexity index is 1610. The van der Waals surface area contributed by atoms with E-state index in [1.165, 1.54) is 18.7 Å². The molecule has 2 unspecified atom stereocenters. The number of aliphatic imine (C=N–C) groups is 1. The summed E-state index contributed by atoms with van der Waals surface area (Å²) in [4.78, 5) is 16.6. The first kappa shape index (κ1) is 27.3. The molecule has 0 saturated carbocycles. The van der Waals surface area contributed by atoms with Crippen LogP contribution in [0.1, 0.15) is 41.1 Å². The minimum atomic E-state index is -0.419. The van der Waals surface area contributed by atoms with Gasteiger partial charge in [-0.15, -0.1) is 0 Å². The van der Waals surface area contributed by atoms with E-state index >= 15 is 4.39 Å². The van der Waals surface area contributed by atoms with Crippen molar-refractivity contribution < 1.29 is 9.13 Å². The van der Waals surface area contributed by atoms with Gasteiger partial charge in [0.15, 0.2) is 0 Å². The fourth-order valence-electron chi connectivity index (χ4n) is 5.65. The lowest BCUT2D eigenvalue weighted by molar-refractivity contribution is 0.207. The van der Waals surface area contributed by atoms with Crippen LogP contribution in [0.2, 0.25) is 5.02 Å². The number of rotatable bonds is 6. The number of hydrogen-bond donors (Lipinski definition) is 2. The van der Waals surface area contributed by atoms with Crippen LogP contribution >= 0.6 is 11.6 Å². The molecule has 2 aliphatic heterocycles. The fourth-order valence-corrected chi connectivity index (χ4v) is 5.82. The molecule has 3 aromatic carbocycles. The Labute approximate surface area is 244 Å². The standard InChI is InChI=1S/C32H32ClFN6O/c1-40(2)23-13-14-35-27(16-23)19-7-10-22(11-8-19)38-32-37-18-20-17-36-31(29-26(34)5-4-6-28(29)41-3)25-15-21(33)9-12-24(25)30(20)39-32/h4-12,15,18,23,27,35H,13-14,16-17H2,1-3H3,(H,37,38,39). The summed E-state index contributed by atoms with van der Waals surface area (Å²) in [5.74, 6) is 0.448. The lowest BCUT2D eigenvalue weighted by atomic mass is 9.93. The first-order valence-corrected chi connectivity index (χ1v) is 14.1. The largest absolute Gasteiger partial charge is 0.496 e. The summed E-state index contributed by atoms with van der Waals surface area (Å²) < 4.78 is 20.6. The van der Waals surface area contributed by atoms with Crippen molar-refractivity contribution in [1.82, 2.24) is 20.2 Å². The van der Waals surface area contributed by atoms with Crippen LogP contribution < -0.4 is 15.4 Å². The molecule has 1 saturated heterocycles. The molecular weight excluding hydrogens is 539 g/mol. The fraction of sp³-hybridized carbons (Fsp3) is 0.281. The number of hydrogen-bond acceptors (Lipinski definition) is 7. The Kier molecular flexibility index (Phi) is 7.71. The summed E-state index contributed by atoms with van der Waals surface area (Å²) in [5, 5.41) is 7.52. The van der Waals surface area contributed by atoms with Crippen molar-refractivity contribution in [3.05, 3.63) is 100.0 Å². The number of fused-ring (bicyclic) bond motifs is 3. The highest BCUT2D eigenvalue weighted by Gasteiger charge is 2.26. The molecule has 1 fully saturated rings. The molecule has 1 aromatic heterocycles. The highest BCUT2D eigenvalue weighted by atomic mass is 35.5. The first-order valence-electron chi connectivity index (χ1n) is 13.7. The second kappa shape index (κ2) is 11.6. The van der Waals surface area contributed by atoms with Crippen LogP contribution in [0.5, 0.6) is 5.75 Å². The molecule has 4 aromatic rings. The Morgan fingerprint density at radius 2 is 1.90 bits per heavy atom. The van der Waals surface area contributed by atoms with E-state index in [1.807, 2.05) is 6.07 Å². The van der Waals surface area contributed by atoms with Crippen LogP contribution in [0, 0.1) is 5.82 Å². The smallest absolute Gasteiger partial charge is 0.227 e. The van der Waals surface area contributed by atoms with Crippen LogP contribution in [0.3, 0.4) is 0 Å². The molecule has 0 spiro atoms. The van der Waals surface area contributed by atoms with Crippen molar-refractivity contribution in [1.29, 1.82) is 0 Å². The first-order chi connectivity index (χ1) is 19.9. The lowest BCUT2D eigenvalue weighted by Crippen LogP contribution is -2.41. The number of benzene rings is 3. The molecule has 41 heavy (non-hydrogen) atoms. The molecule has 0 bridgehead atoms. The Morgan fingerprint density at radius 1 is 1.07 bits per heavy atom. The monoisotopic (exact) mass is 570 g/mol. The molecule has 6 rings (SSSR count). The van der Waals surface area contributed by atoms with Crippen molar-refractivity contribution in [3.8, 4) is 17.0 Å². The summed E-state index contributed by atoms with van der Waals surface area (Å²) >= 11 is 6.42. The second-order valence-corrected chi connectivity index (χ2v) is 11.1. The minimum absolute atomic E-state index is 0.283. The summed E-state index contributed by atoms with van der Waals surface area (Å²) in [7, 11) is 5.82. The van der Waals surface area contributed by atoms with Crippen molar-refractivity contribution >= 4 is 28.9 Å². The van der Waals surface area contributed by atoms with Gasteiger partial charge in [0.05, 0.1) is 30.6 Å². The molecule has 9 heteroatoms. The summed E-state index contributed by atoms with van der Waals surface area (Å²) in [6.45, 7) is 1.30. The third-order valence-corrected chi connectivity index (χ3v) is 8.11. The van der Waals surface area contributed by atoms with Gasteiger partial charge in [0, 0.05) is 45.7 Å². The summed E-state index contributed by atoms with van der Waals surface area (Å²) in [6.07, 6.45) is 4.02.